The molecule has 0 saturated heterocycles. The van der Waals surface area contributed by atoms with Crippen LogP contribution >= 0.6 is 0 Å². The van der Waals surface area contributed by atoms with Crippen LogP contribution in [0.1, 0.15) is 45.7 Å². The van der Waals surface area contributed by atoms with Crippen molar-refractivity contribution >= 4 is 12.2 Å². The molecule has 0 fully saturated rings. The molecule has 0 aliphatic rings. The molecular weight excluding hydrogens is 190 g/mol. The molecule has 15 heavy (non-hydrogen) atoms. The lowest BCUT2D eigenvalue weighted by atomic mass is 9.93. The normalized spacial score (nSPS) is 10.0. The quantitative estimate of drug-likeness (QED) is 0.761. The second-order valence-electron chi connectivity index (χ2n) is 3.35. The summed E-state index contributed by atoms with van der Waals surface area (Å²) in [7, 11) is 0. The van der Waals surface area contributed by atoms with E-state index in [9.17, 15) is 9.59 Å². The van der Waals surface area contributed by atoms with Gasteiger partial charge in [0.1, 0.15) is 0 Å². The Morgan fingerprint density at radius 2 is 2.00 bits per heavy atom. The first kappa shape index (κ1) is 11.4. The average molecular weight is 205 g/mol. The molecule has 0 spiro atoms. The Bertz CT molecular complexity index is 397. The van der Waals surface area contributed by atoms with Crippen molar-refractivity contribution in [3.05, 3.63) is 34.4 Å². The number of aldehydes is 1. The average Bonchev–Trinajstić information content (AvgIpc) is 2.26. The standard InChI is InChI=1S/C12H15NO2/c1-3-8-5-6-10(12(13)15)11(7-14)9(8)4-2/h5-7H,3-4H2,1-2H3,(H2,13,15). The molecule has 3 nitrogen and oxygen atoms in total. The molecule has 0 aliphatic heterocycles. The summed E-state index contributed by atoms with van der Waals surface area (Å²) in [5.74, 6) is -0.547. The van der Waals surface area contributed by atoms with E-state index in [1.54, 1.807) is 6.07 Å². The number of rotatable bonds is 4. The first-order valence-corrected chi connectivity index (χ1v) is 5.05. The number of carbonyl (C=O) groups excluding carboxylic acids is 2. The van der Waals surface area contributed by atoms with Crippen LogP contribution in [0.4, 0.5) is 0 Å². The van der Waals surface area contributed by atoms with Crippen molar-refractivity contribution in [2.45, 2.75) is 26.7 Å². The Morgan fingerprint density at radius 1 is 1.33 bits per heavy atom. The summed E-state index contributed by atoms with van der Waals surface area (Å²) in [6.45, 7) is 3.99. The first-order valence-electron chi connectivity index (χ1n) is 5.05. The SMILES string of the molecule is CCc1ccc(C(N)=O)c(C=O)c1CC. The topological polar surface area (TPSA) is 60.2 Å². The van der Waals surface area contributed by atoms with E-state index in [1.165, 1.54) is 0 Å². The summed E-state index contributed by atoms with van der Waals surface area (Å²) in [6, 6.07) is 3.50. The van der Waals surface area contributed by atoms with E-state index in [1.807, 2.05) is 19.9 Å². The Balaban J connectivity index is 3.47. The second kappa shape index (κ2) is 4.73. The predicted octanol–water partition coefficient (Wildman–Crippen LogP) is 1.72. The van der Waals surface area contributed by atoms with Gasteiger partial charge in [0.25, 0.3) is 0 Å². The Labute approximate surface area is 89.3 Å². The highest BCUT2D eigenvalue weighted by Crippen LogP contribution is 2.19. The molecule has 0 aliphatic carbocycles. The fourth-order valence-electron chi connectivity index (χ4n) is 1.81. The van der Waals surface area contributed by atoms with Gasteiger partial charge in [-0.15, -0.1) is 0 Å². The zero-order valence-corrected chi connectivity index (χ0v) is 9.04. The molecule has 0 bridgehead atoms. The fraction of sp³-hybridized carbons (Fsp3) is 0.333. The molecule has 0 aromatic heterocycles. The molecule has 3 heteroatoms. The van der Waals surface area contributed by atoms with Crippen LogP contribution in [0, 0.1) is 0 Å². The van der Waals surface area contributed by atoms with E-state index < -0.39 is 5.91 Å². The van der Waals surface area contributed by atoms with Crippen LogP contribution in [0.2, 0.25) is 0 Å². The van der Waals surface area contributed by atoms with Gasteiger partial charge in [-0.25, -0.2) is 0 Å². The largest absolute Gasteiger partial charge is 0.366 e. The third kappa shape index (κ3) is 2.06. The molecule has 0 unspecified atom stereocenters. The van der Waals surface area contributed by atoms with Gasteiger partial charge in [0.2, 0.25) is 5.91 Å². The van der Waals surface area contributed by atoms with E-state index in [2.05, 4.69) is 0 Å². The highest BCUT2D eigenvalue weighted by Gasteiger charge is 2.13. The van der Waals surface area contributed by atoms with E-state index in [0.29, 0.717) is 11.1 Å². The van der Waals surface area contributed by atoms with Crippen molar-refractivity contribution in [2.24, 2.45) is 5.73 Å². The molecule has 0 heterocycles. The van der Waals surface area contributed by atoms with Crippen LogP contribution in [0.5, 0.6) is 0 Å². The van der Waals surface area contributed by atoms with E-state index in [4.69, 9.17) is 5.73 Å². The third-order valence-electron chi connectivity index (χ3n) is 2.57. The lowest BCUT2D eigenvalue weighted by Crippen LogP contribution is -2.15. The molecule has 0 radical (unpaired) electrons. The Kier molecular flexibility index (Phi) is 3.61. The summed E-state index contributed by atoms with van der Waals surface area (Å²) in [5.41, 5.74) is 8.01. The zero-order chi connectivity index (χ0) is 11.4. The minimum atomic E-state index is -0.547. The van der Waals surface area contributed by atoms with Crippen LogP contribution in [-0.4, -0.2) is 12.2 Å². The van der Waals surface area contributed by atoms with Crippen molar-refractivity contribution < 1.29 is 9.59 Å². The fourth-order valence-corrected chi connectivity index (χ4v) is 1.81. The molecule has 0 atom stereocenters. The lowest BCUT2D eigenvalue weighted by Gasteiger charge is -2.11. The highest BCUT2D eigenvalue weighted by molar-refractivity contribution is 6.01. The maximum atomic E-state index is 11.1. The van der Waals surface area contributed by atoms with Crippen LogP contribution in [0.3, 0.4) is 0 Å². The number of nitrogens with two attached hydrogens (primary N) is 1. The van der Waals surface area contributed by atoms with Crippen molar-refractivity contribution in [1.29, 1.82) is 0 Å². The minimum absolute atomic E-state index is 0.319. The molecule has 1 aromatic rings. The maximum absolute atomic E-state index is 11.1. The van der Waals surface area contributed by atoms with Crippen LogP contribution in [0.25, 0.3) is 0 Å². The van der Waals surface area contributed by atoms with Crippen LogP contribution in [0.15, 0.2) is 12.1 Å². The summed E-state index contributed by atoms with van der Waals surface area (Å²) in [4.78, 5) is 22.1. The van der Waals surface area contributed by atoms with Crippen LogP contribution < -0.4 is 5.73 Å². The minimum Gasteiger partial charge on any atom is -0.366 e. The monoisotopic (exact) mass is 205 g/mol. The number of carbonyl (C=O) groups is 2. The summed E-state index contributed by atoms with van der Waals surface area (Å²) >= 11 is 0. The number of benzene rings is 1. The van der Waals surface area contributed by atoms with Gasteiger partial charge in [0, 0.05) is 11.1 Å². The summed E-state index contributed by atoms with van der Waals surface area (Å²) in [6.07, 6.45) is 2.31. The van der Waals surface area contributed by atoms with Crippen LogP contribution in [-0.2, 0) is 12.8 Å². The smallest absolute Gasteiger partial charge is 0.249 e. The molecular formula is C12H15NO2. The van der Waals surface area contributed by atoms with Gasteiger partial charge in [-0.3, -0.25) is 9.59 Å². The Hall–Kier alpha value is -1.64. The van der Waals surface area contributed by atoms with Gasteiger partial charge in [0.05, 0.1) is 0 Å². The van der Waals surface area contributed by atoms with Gasteiger partial charge >= 0.3 is 0 Å². The second-order valence-corrected chi connectivity index (χ2v) is 3.35. The molecule has 80 valence electrons. The number of hydrogen-bond donors (Lipinski definition) is 1. The van der Waals surface area contributed by atoms with Gasteiger partial charge in [-0.2, -0.15) is 0 Å². The summed E-state index contributed by atoms with van der Waals surface area (Å²) in [5, 5.41) is 0. The predicted molar refractivity (Wildman–Crippen MR) is 59.1 cm³/mol. The zero-order valence-electron chi connectivity index (χ0n) is 9.04. The molecule has 2 N–H and O–H groups in total. The van der Waals surface area contributed by atoms with Gasteiger partial charge < -0.3 is 5.73 Å². The Morgan fingerprint density at radius 3 is 2.40 bits per heavy atom. The maximum Gasteiger partial charge on any atom is 0.249 e. The molecule has 1 amide bonds. The van der Waals surface area contributed by atoms with E-state index in [0.717, 1.165) is 30.3 Å². The first-order chi connectivity index (χ1) is 7.15. The van der Waals surface area contributed by atoms with Crippen molar-refractivity contribution in [3.63, 3.8) is 0 Å². The van der Waals surface area contributed by atoms with Crippen molar-refractivity contribution in [1.82, 2.24) is 0 Å². The van der Waals surface area contributed by atoms with Crippen molar-refractivity contribution in [3.8, 4) is 0 Å². The number of hydrogen-bond acceptors (Lipinski definition) is 2. The van der Waals surface area contributed by atoms with E-state index >= 15 is 0 Å². The lowest BCUT2D eigenvalue weighted by molar-refractivity contribution is 0.0993. The van der Waals surface area contributed by atoms with E-state index in [-0.39, 0.29) is 0 Å². The van der Waals surface area contributed by atoms with Gasteiger partial charge in [-0.05, 0) is 30.0 Å². The highest BCUT2D eigenvalue weighted by atomic mass is 16.1. The molecule has 0 saturated carbocycles. The third-order valence-corrected chi connectivity index (χ3v) is 2.57. The molecule has 1 rings (SSSR count). The van der Waals surface area contributed by atoms with Gasteiger partial charge in [-0.1, -0.05) is 19.9 Å². The number of amides is 1. The summed E-state index contributed by atoms with van der Waals surface area (Å²) < 4.78 is 0. The molecule has 1 aromatic carbocycles. The van der Waals surface area contributed by atoms with Crippen molar-refractivity contribution in [2.75, 3.05) is 0 Å². The number of aryl methyl sites for hydroxylation is 1. The number of primary amides is 1. The van der Waals surface area contributed by atoms with Gasteiger partial charge in [0.15, 0.2) is 6.29 Å².